The number of carbonyl (C=O) groups excluding carboxylic acids is 1. The third-order valence-corrected chi connectivity index (χ3v) is 6.21. The number of aromatic amines is 1. The molecule has 0 spiro atoms. The lowest BCUT2D eigenvalue weighted by atomic mass is 10.1. The molecule has 0 unspecified atom stereocenters. The summed E-state index contributed by atoms with van der Waals surface area (Å²) in [5, 5.41) is 15.1. The first-order valence-corrected chi connectivity index (χ1v) is 12.1. The molecule has 2 aromatic carbocycles. The van der Waals surface area contributed by atoms with Gasteiger partial charge in [-0.2, -0.15) is 10.2 Å². The summed E-state index contributed by atoms with van der Waals surface area (Å²) in [7, 11) is 3.14. The lowest BCUT2D eigenvalue weighted by Crippen LogP contribution is -2.28. The second-order valence-corrected chi connectivity index (χ2v) is 8.84. The quantitative estimate of drug-likeness (QED) is 0.298. The van der Waals surface area contributed by atoms with Crippen LogP contribution in [0.3, 0.4) is 0 Å². The van der Waals surface area contributed by atoms with Crippen molar-refractivity contribution >= 4 is 28.5 Å². The van der Waals surface area contributed by atoms with E-state index in [1.54, 1.807) is 55.3 Å². The van der Waals surface area contributed by atoms with Gasteiger partial charge in [0.2, 0.25) is 0 Å². The minimum absolute atomic E-state index is 0.205. The van der Waals surface area contributed by atoms with Gasteiger partial charge in [0, 0.05) is 17.1 Å². The Labute approximate surface area is 222 Å². The molecule has 0 aliphatic heterocycles. The minimum atomic E-state index is -0.334. The maximum absolute atomic E-state index is 12.9. The normalized spacial score (nSPS) is 11.0. The molecule has 0 fully saturated rings. The number of nitrogens with zero attached hydrogens (tertiary/aromatic N) is 5. The van der Waals surface area contributed by atoms with Gasteiger partial charge in [0.1, 0.15) is 28.9 Å². The number of amides is 1. The molecule has 0 aliphatic carbocycles. The van der Waals surface area contributed by atoms with Crippen molar-refractivity contribution in [3.8, 4) is 22.8 Å². The Kier molecular flexibility index (Phi) is 7.09. The van der Waals surface area contributed by atoms with Gasteiger partial charge in [-0.1, -0.05) is 23.7 Å². The van der Waals surface area contributed by atoms with Crippen LogP contribution in [0.15, 0.2) is 65.8 Å². The third kappa shape index (κ3) is 5.09. The molecule has 5 aromatic rings. The van der Waals surface area contributed by atoms with E-state index in [4.69, 9.17) is 21.1 Å². The highest BCUT2D eigenvalue weighted by molar-refractivity contribution is 6.30. The molecule has 194 valence electrons. The van der Waals surface area contributed by atoms with Gasteiger partial charge in [-0.15, -0.1) is 0 Å². The Morgan fingerprint density at radius 3 is 2.79 bits per heavy atom. The van der Waals surface area contributed by atoms with E-state index in [0.717, 1.165) is 5.56 Å². The van der Waals surface area contributed by atoms with Crippen LogP contribution in [0.2, 0.25) is 5.02 Å². The van der Waals surface area contributed by atoms with Crippen LogP contribution in [0.25, 0.3) is 22.3 Å². The average molecular weight is 534 g/mol. The molecule has 3 heterocycles. The first-order chi connectivity index (χ1) is 18.5. The summed E-state index contributed by atoms with van der Waals surface area (Å²) in [5.74, 6) is 0.916. The number of fused-ring (bicyclic) bond motifs is 1. The Bertz CT molecular complexity index is 1670. The van der Waals surface area contributed by atoms with Crippen molar-refractivity contribution in [2.45, 2.75) is 13.1 Å². The number of rotatable bonds is 9. The molecule has 0 aliphatic rings. The highest BCUT2D eigenvalue weighted by Crippen LogP contribution is 2.32. The summed E-state index contributed by atoms with van der Waals surface area (Å²) in [5.41, 5.74) is 2.66. The number of nitrogens with one attached hydrogen (secondary N) is 2. The van der Waals surface area contributed by atoms with Crippen LogP contribution < -0.4 is 20.3 Å². The Balaban J connectivity index is 1.25. The highest BCUT2D eigenvalue weighted by Gasteiger charge is 2.16. The zero-order valence-corrected chi connectivity index (χ0v) is 21.4. The van der Waals surface area contributed by atoms with Crippen LogP contribution in [0.5, 0.6) is 11.5 Å². The van der Waals surface area contributed by atoms with E-state index in [2.05, 4.69) is 25.6 Å². The maximum atomic E-state index is 12.9. The number of hydrogen-bond donors (Lipinski definition) is 2. The van der Waals surface area contributed by atoms with Crippen molar-refractivity contribution < 1.29 is 14.3 Å². The molecule has 2 N–H and O–H groups in total. The number of benzene rings is 2. The maximum Gasteiger partial charge on any atom is 0.269 e. The van der Waals surface area contributed by atoms with Crippen LogP contribution >= 0.6 is 11.6 Å². The molecule has 0 radical (unpaired) electrons. The van der Waals surface area contributed by atoms with Gasteiger partial charge in [-0.3, -0.25) is 19.3 Å². The lowest BCUT2D eigenvalue weighted by molar-refractivity contribution is 0.0947. The number of H-pyrrole nitrogens is 1. The number of ether oxygens (including phenoxy) is 2. The largest absolute Gasteiger partial charge is 0.497 e. The number of halogens is 1. The van der Waals surface area contributed by atoms with E-state index < -0.39 is 0 Å². The summed E-state index contributed by atoms with van der Waals surface area (Å²) in [4.78, 5) is 30.1. The summed E-state index contributed by atoms with van der Waals surface area (Å²) < 4.78 is 13.8. The van der Waals surface area contributed by atoms with E-state index in [0.29, 0.717) is 51.9 Å². The van der Waals surface area contributed by atoms with Crippen molar-refractivity contribution in [3.63, 3.8) is 0 Å². The van der Waals surface area contributed by atoms with E-state index in [-0.39, 0.29) is 23.7 Å². The van der Waals surface area contributed by atoms with Gasteiger partial charge < -0.3 is 14.8 Å². The molecule has 11 nitrogen and oxygen atoms in total. The number of aromatic nitrogens is 6. The summed E-state index contributed by atoms with van der Waals surface area (Å²) in [6, 6.07) is 14.3. The molecule has 5 rings (SSSR count). The van der Waals surface area contributed by atoms with Gasteiger partial charge in [-0.25, -0.2) is 9.67 Å². The van der Waals surface area contributed by atoms with E-state index in [9.17, 15) is 9.59 Å². The smallest absolute Gasteiger partial charge is 0.269 e. The molecule has 12 heteroatoms. The van der Waals surface area contributed by atoms with E-state index >= 15 is 0 Å². The summed E-state index contributed by atoms with van der Waals surface area (Å²) in [6.07, 6.45) is 2.98. The standard InChI is InChI=1S/C26H24ClN7O4/c1-37-18-6-7-23(38-2)19(11-18)21-12-22(32-31-21)25(35)28-8-9-34-24-20(13-30-34)26(36)33(15-29-24)14-16-4-3-5-17(27)10-16/h3-7,10-13,15H,8-9,14H2,1-2H3,(H,28,35)(H,31,32). The summed E-state index contributed by atoms with van der Waals surface area (Å²) in [6.45, 7) is 0.932. The highest BCUT2D eigenvalue weighted by atomic mass is 35.5. The SMILES string of the molecule is COc1ccc(OC)c(-c2cc(C(=O)NCCn3ncc4c(=O)n(Cc5cccc(Cl)c5)cnc43)[nH]n2)c1. The molecular weight excluding hydrogens is 510 g/mol. The van der Waals surface area contributed by atoms with Crippen LogP contribution in [0.4, 0.5) is 0 Å². The van der Waals surface area contributed by atoms with Gasteiger partial charge >= 0.3 is 0 Å². The second-order valence-electron chi connectivity index (χ2n) is 8.40. The van der Waals surface area contributed by atoms with E-state index in [1.165, 1.54) is 17.1 Å². The third-order valence-electron chi connectivity index (χ3n) is 5.98. The van der Waals surface area contributed by atoms with Crippen molar-refractivity contribution in [3.05, 3.63) is 87.7 Å². The van der Waals surface area contributed by atoms with Crippen LogP contribution in [-0.4, -0.2) is 56.2 Å². The molecule has 3 aromatic heterocycles. The number of hydrogen-bond acceptors (Lipinski definition) is 7. The lowest BCUT2D eigenvalue weighted by Gasteiger charge is -2.08. The molecule has 38 heavy (non-hydrogen) atoms. The van der Waals surface area contributed by atoms with Crippen LogP contribution in [0, 0.1) is 0 Å². The van der Waals surface area contributed by atoms with Crippen LogP contribution in [0.1, 0.15) is 16.1 Å². The number of carbonyl (C=O) groups is 1. The molecular formula is C26H24ClN7O4. The fraction of sp³-hybridized carbons (Fsp3) is 0.192. The molecule has 0 saturated carbocycles. The first kappa shape index (κ1) is 25.0. The van der Waals surface area contributed by atoms with Crippen molar-refractivity contribution in [2.75, 3.05) is 20.8 Å². The van der Waals surface area contributed by atoms with E-state index in [1.807, 2.05) is 12.1 Å². The summed E-state index contributed by atoms with van der Waals surface area (Å²) >= 11 is 6.05. The molecule has 1 amide bonds. The number of methoxy groups -OCH3 is 2. The van der Waals surface area contributed by atoms with Crippen molar-refractivity contribution in [2.24, 2.45) is 0 Å². The van der Waals surface area contributed by atoms with Gasteiger partial charge in [0.05, 0.1) is 39.2 Å². The second kappa shape index (κ2) is 10.8. The zero-order valence-electron chi connectivity index (χ0n) is 20.6. The molecule has 0 atom stereocenters. The predicted octanol–water partition coefficient (Wildman–Crippen LogP) is 3.13. The minimum Gasteiger partial charge on any atom is -0.497 e. The predicted molar refractivity (Wildman–Crippen MR) is 142 cm³/mol. The van der Waals surface area contributed by atoms with Crippen molar-refractivity contribution in [1.82, 2.24) is 34.8 Å². The fourth-order valence-corrected chi connectivity index (χ4v) is 4.28. The Morgan fingerprint density at radius 2 is 2.00 bits per heavy atom. The first-order valence-electron chi connectivity index (χ1n) is 11.7. The zero-order chi connectivity index (χ0) is 26.6. The van der Waals surface area contributed by atoms with Crippen molar-refractivity contribution in [1.29, 1.82) is 0 Å². The van der Waals surface area contributed by atoms with Gasteiger partial charge in [0.25, 0.3) is 11.5 Å². The Hall–Kier alpha value is -4.64. The Morgan fingerprint density at radius 1 is 1.13 bits per heavy atom. The van der Waals surface area contributed by atoms with Crippen LogP contribution in [-0.2, 0) is 13.1 Å². The average Bonchev–Trinajstić information content (AvgIpc) is 3.58. The molecule has 0 saturated heterocycles. The van der Waals surface area contributed by atoms with Gasteiger partial charge in [0.15, 0.2) is 5.65 Å². The fourth-order valence-electron chi connectivity index (χ4n) is 4.07. The monoisotopic (exact) mass is 533 g/mol. The van der Waals surface area contributed by atoms with Gasteiger partial charge in [-0.05, 0) is 42.0 Å². The molecule has 0 bridgehead atoms. The topological polar surface area (TPSA) is 129 Å².